The molecule has 1 aromatic rings. The summed E-state index contributed by atoms with van der Waals surface area (Å²) >= 11 is 2.34. The van der Waals surface area contributed by atoms with Crippen LogP contribution in [0.15, 0.2) is 21.8 Å². The first kappa shape index (κ1) is 27.4. The second kappa shape index (κ2) is 10.1. The molecule has 1 fully saturated rings. The van der Waals surface area contributed by atoms with E-state index in [0.29, 0.717) is 11.3 Å². The molecule has 3 heterocycles. The molecule has 15 heteroatoms. The first-order chi connectivity index (χ1) is 16.7. The van der Waals surface area contributed by atoms with Gasteiger partial charge in [-0.15, -0.1) is 23.1 Å². The molecule has 3 rings (SSSR count). The number of thioether (sulfide) groups is 1. The first-order valence-electron chi connectivity index (χ1n) is 10.8. The van der Waals surface area contributed by atoms with Crippen LogP contribution in [0.25, 0.3) is 0 Å². The fraction of sp³-hybridized carbons (Fsp3) is 0.524. The molecule has 0 aromatic carbocycles. The molecule has 1 unspecified atom stereocenters. The van der Waals surface area contributed by atoms with E-state index in [1.165, 1.54) is 31.0 Å². The highest BCUT2D eigenvalue weighted by molar-refractivity contribution is 8.00. The molecule has 0 radical (unpaired) electrons. The SMILES string of the molecule is CC(C)(C)OC(=O)C(C)(C)ON=C(C(=O)NC1C(=O)N2C(C(=O)O)=C(CN)CS[C@@H]12)c1csc(N)n1. The predicted octanol–water partition coefficient (Wildman–Crippen LogP) is 0.264. The summed E-state index contributed by atoms with van der Waals surface area (Å²) in [6.07, 6.45) is 0. The molecule has 2 atom stereocenters. The number of hydrogen-bond donors (Lipinski definition) is 4. The lowest BCUT2D eigenvalue weighted by Gasteiger charge is -2.49. The number of carbonyl (C=O) groups is 4. The van der Waals surface area contributed by atoms with Crippen LogP contribution in [-0.4, -0.2) is 79.4 Å². The van der Waals surface area contributed by atoms with Crippen LogP contribution < -0.4 is 16.8 Å². The molecule has 6 N–H and O–H groups in total. The van der Waals surface area contributed by atoms with Crippen molar-refractivity contribution < 1.29 is 33.9 Å². The summed E-state index contributed by atoms with van der Waals surface area (Å²) in [5.41, 5.74) is 9.04. The summed E-state index contributed by atoms with van der Waals surface area (Å²) in [6, 6.07) is -1.02. The minimum atomic E-state index is -1.55. The van der Waals surface area contributed by atoms with Crippen molar-refractivity contribution in [3.63, 3.8) is 0 Å². The maximum Gasteiger partial charge on any atom is 0.353 e. The molecule has 0 bridgehead atoms. The molecule has 2 aliphatic heterocycles. The third kappa shape index (κ3) is 5.63. The van der Waals surface area contributed by atoms with Crippen molar-refractivity contribution in [1.29, 1.82) is 0 Å². The number of carboxylic acid groups (broad SMARTS) is 1. The fourth-order valence-corrected chi connectivity index (χ4v) is 5.16. The van der Waals surface area contributed by atoms with E-state index in [2.05, 4.69) is 15.5 Å². The first-order valence-corrected chi connectivity index (χ1v) is 12.7. The number of aliphatic carboxylic acids is 1. The quantitative estimate of drug-likeness (QED) is 0.153. The van der Waals surface area contributed by atoms with Crippen LogP contribution in [0, 0.1) is 0 Å². The number of nitrogens with zero attached hydrogens (tertiary/aromatic N) is 3. The highest BCUT2D eigenvalue weighted by Gasteiger charge is 2.54. The van der Waals surface area contributed by atoms with Gasteiger partial charge in [-0.1, -0.05) is 5.16 Å². The highest BCUT2D eigenvalue weighted by atomic mass is 32.2. The van der Waals surface area contributed by atoms with Crippen LogP contribution in [0.1, 0.15) is 40.3 Å². The van der Waals surface area contributed by atoms with E-state index in [-0.39, 0.29) is 28.8 Å². The zero-order valence-electron chi connectivity index (χ0n) is 20.4. The second-order valence-corrected chi connectivity index (χ2v) is 11.4. The number of esters is 1. The Morgan fingerprint density at radius 3 is 2.50 bits per heavy atom. The van der Waals surface area contributed by atoms with Crippen LogP contribution in [-0.2, 0) is 28.8 Å². The van der Waals surface area contributed by atoms with Gasteiger partial charge in [0.05, 0.1) is 0 Å². The largest absolute Gasteiger partial charge is 0.477 e. The topological polar surface area (TPSA) is 200 Å². The number of oxime groups is 1. The second-order valence-electron chi connectivity index (χ2n) is 9.44. The van der Waals surface area contributed by atoms with Crippen molar-refractivity contribution in [2.75, 3.05) is 18.0 Å². The van der Waals surface area contributed by atoms with Gasteiger partial charge in [0.1, 0.15) is 28.4 Å². The number of thiazole rings is 1. The zero-order chi connectivity index (χ0) is 27.0. The Kier molecular flexibility index (Phi) is 7.66. The predicted molar refractivity (Wildman–Crippen MR) is 133 cm³/mol. The van der Waals surface area contributed by atoms with Gasteiger partial charge in [-0.05, 0) is 40.2 Å². The smallest absolute Gasteiger partial charge is 0.353 e. The third-order valence-electron chi connectivity index (χ3n) is 5.02. The Hall–Kier alpha value is -3.17. The van der Waals surface area contributed by atoms with E-state index in [9.17, 15) is 24.3 Å². The molecule has 2 aliphatic rings. The summed E-state index contributed by atoms with van der Waals surface area (Å²) < 4.78 is 5.34. The van der Waals surface area contributed by atoms with Gasteiger partial charge in [0, 0.05) is 17.7 Å². The molecule has 1 saturated heterocycles. The van der Waals surface area contributed by atoms with Gasteiger partial charge >= 0.3 is 11.9 Å². The van der Waals surface area contributed by atoms with Crippen LogP contribution in [0.3, 0.4) is 0 Å². The van der Waals surface area contributed by atoms with Gasteiger partial charge < -0.3 is 31.5 Å². The lowest BCUT2D eigenvalue weighted by Crippen LogP contribution is -2.71. The lowest BCUT2D eigenvalue weighted by molar-refractivity contribution is -0.179. The number of β-lactam (4-membered cyclic amide) rings is 1. The van der Waals surface area contributed by atoms with E-state index in [0.717, 1.165) is 16.2 Å². The maximum absolute atomic E-state index is 13.2. The van der Waals surface area contributed by atoms with Gasteiger partial charge in [0.25, 0.3) is 11.8 Å². The number of ether oxygens (including phenoxy) is 1. The molecular weight excluding hydrogens is 512 g/mol. The Morgan fingerprint density at radius 2 is 1.97 bits per heavy atom. The monoisotopic (exact) mass is 540 g/mol. The molecule has 0 spiro atoms. The number of nitrogen functional groups attached to an aromatic ring is 1. The number of anilines is 1. The number of carboxylic acids is 1. The van der Waals surface area contributed by atoms with Crippen molar-refractivity contribution in [3.05, 3.63) is 22.3 Å². The minimum absolute atomic E-state index is 0.00497. The summed E-state index contributed by atoms with van der Waals surface area (Å²) in [5, 5.41) is 17.0. The zero-order valence-corrected chi connectivity index (χ0v) is 22.0. The number of aromatic nitrogens is 1. The molecule has 36 heavy (non-hydrogen) atoms. The lowest BCUT2D eigenvalue weighted by atomic mass is 10.0. The Morgan fingerprint density at radius 1 is 1.31 bits per heavy atom. The normalized spacial score (nSPS) is 20.4. The molecule has 2 amide bonds. The summed E-state index contributed by atoms with van der Waals surface area (Å²) in [7, 11) is 0. The molecular formula is C21H28N6O7S2. The highest BCUT2D eigenvalue weighted by Crippen LogP contribution is 2.40. The van der Waals surface area contributed by atoms with Crippen molar-refractivity contribution >= 4 is 57.7 Å². The number of fused-ring (bicyclic) bond motifs is 1. The average Bonchev–Trinajstić information content (AvgIpc) is 3.20. The molecule has 196 valence electrons. The molecule has 13 nitrogen and oxygen atoms in total. The number of nitrogens with one attached hydrogen (secondary N) is 1. The van der Waals surface area contributed by atoms with Crippen molar-refractivity contribution in [2.45, 2.75) is 57.2 Å². The van der Waals surface area contributed by atoms with Crippen LogP contribution in [0.5, 0.6) is 0 Å². The Labute approximate surface area is 215 Å². The molecule has 0 aliphatic carbocycles. The van der Waals surface area contributed by atoms with E-state index in [1.54, 1.807) is 20.8 Å². The van der Waals surface area contributed by atoms with Gasteiger partial charge in [0.15, 0.2) is 10.8 Å². The third-order valence-corrected chi connectivity index (χ3v) is 7.03. The van der Waals surface area contributed by atoms with Gasteiger partial charge in [-0.2, -0.15) is 0 Å². The maximum atomic E-state index is 13.2. The van der Waals surface area contributed by atoms with Crippen molar-refractivity contribution in [1.82, 2.24) is 15.2 Å². The van der Waals surface area contributed by atoms with Crippen LogP contribution in [0.2, 0.25) is 0 Å². The van der Waals surface area contributed by atoms with E-state index < -0.39 is 46.4 Å². The summed E-state index contributed by atoms with van der Waals surface area (Å²) in [4.78, 5) is 60.8. The summed E-state index contributed by atoms with van der Waals surface area (Å²) in [6.45, 7) is 7.95. The van der Waals surface area contributed by atoms with Gasteiger partial charge in [-0.3, -0.25) is 14.5 Å². The number of hydrogen-bond acceptors (Lipinski definition) is 12. The van der Waals surface area contributed by atoms with Crippen molar-refractivity contribution in [3.8, 4) is 0 Å². The van der Waals surface area contributed by atoms with Crippen LogP contribution >= 0.6 is 23.1 Å². The van der Waals surface area contributed by atoms with E-state index >= 15 is 0 Å². The average molecular weight is 541 g/mol. The van der Waals surface area contributed by atoms with Gasteiger partial charge in [-0.25, -0.2) is 14.6 Å². The number of rotatable bonds is 8. The minimum Gasteiger partial charge on any atom is -0.477 e. The fourth-order valence-electron chi connectivity index (χ4n) is 3.25. The number of nitrogens with two attached hydrogens (primary N) is 2. The van der Waals surface area contributed by atoms with Crippen molar-refractivity contribution in [2.24, 2.45) is 10.9 Å². The molecule has 0 saturated carbocycles. The van der Waals surface area contributed by atoms with E-state index in [1.807, 2.05) is 0 Å². The Balaban J connectivity index is 1.82. The Bertz CT molecular complexity index is 1150. The summed E-state index contributed by atoms with van der Waals surface area (Å²) in [5.74, 6) is -3.09. The standard InChI is InChI=1S/C21H28N6O7S2/c1-20(2,3)33-18(32)21(4,5)34-26-11(10-8-36-19(23)24-10)14(28)25-12-15(29)27-13(17(30)31)9(6-22)7-35-16(12)27/h8,12,16H,6-7,22H2,1-5H3,(H2,23,24)(H,25,28)(H,30,31)/t12?,16-/m0/s1. The van der Waals surface area contributed by atoms with Crippen LogP contribution in [0.4, 0.5) is 5.13 Å². The molecule has 1 aromatic heterocycles. The van der Waals surface area contributed by atoms with E-state index in [4.69, 9.17) is 21.0 Å². The number of amides is 2. The van der Waals surface area contributed by atoms with Gasteiger partial charge in [0.2, 0.25) is 5.60 Å². The number of carbonyl (C=O) groups excluding carboxylic acids is 3.